The first-order valence-electron chi connectivity index (χ1n) is 48.5. The number of hydrogen-bond acceptors (Lipinski definition) is 8. The molecular formula is C119H158Cl8N4O4Ru4-4. The van der Waals surface area contributed by atoms with E-state index in [1.165, 1.54) is 96.8 Å². The molecule has 2 atom stereocenters. The van der Waals surface area contributed by atoms with Gasteiger partial charge in [-0.25, -0.2) is 26.2 Å². The third-order valence-corrected chi connectivity index (χ3v) is 31.8. The zero-order valence-electron chi connectivity index (χ0n) is 88.3. The van der Waals surface area contributed by atoms with Crippen LogP contribution in [0.1, 0.15) is 289 Å². The van der Waals surface area contributed by atoms with Gasteiger partial charge in [0.05, 0.1) is 0 Å². The quantitative estimate of drug-likeness (QED) is 0.0491. The Labute approximate surface area is 893 Å². The van der Waals surface area contributed by atoms with Gasteiger partial charge in [0.15, 0.2) is 0 Å². The van der Waals surface area contributed by atoms with Crippen molar-refractivity contribution in [1.29, 1.82) is 0 Å². The van der Waals surface area contributed by atoms with Gasteiger partial charge in [-0.05, 0) is 173 Å². The van der Waals surface area contributed by atoms with Gasteiger partial charge in [0, 0.05) is 44.9 Å². The van der Waals surface area contributed by atoms with Gasteiger partial charge in [-0.3, -0.25) is 0 Å². The summed E-state index contributed by atoms with van der Waals surface area (Å²) in [5, 5.41) is 0. The summed E-state index contributed by atoms with van der Waals surface area (Å²) >= 11 is -7.08. The second kappa shape index (κ2) is 55.1. The largest absolute Gasteiger partial charge is 0.517 e. The van der Waals surface area contributed by atoms with Crippen LogP contribution in [0.3, 0.4) is 0 Å². The number of rotatable bonds is 22. The predicted molar refractivity (Wildman–Crippen MR) is 600 cm³/mol. The molecule has 0 bridgehead atoms. The Kier molecular flexibility index (Phi) is 47.9. The number of para-hydroxylation sites is 7. The van der Waals surface area contributed by atoms with Crippen molar-refractivity contribution in [3.05, 3.63) is 334 Å². The third kappa shape index (κ3) is 36.8. The molecule has 4 fully saturated rings. The van der Waals surface area contributed by atoms with Crippen LogP contribution in [-0.4, -0.2) is 65.0 Å². The summed E-state index contributed by atoms with van der Waals surface area (Å²) in [6.45, 7) is 78.8. The Hall–Kier alpha value is -5.11. The molecular weight excluding hydrogens is 2240 g/mol. The average molecular weight is 2400 g/mol. The van der Waals surface area contributed by atoms with E-state index >= 15 is 0 Å². The van der Waals surface area contributed by atoms with Gasteiger partial charge in [-0.2, -0.15) is 0 Å². The van der Waals surface area contributed by atoms with Crippen LogP contribution in [0.2, 0.25) is 0 Å². The first-order chi connectivity index (χ1) is 65.0. The summed E-state index contributed by atoms with van der Waals surface area (Å²) in [7, 11) is 46.5. The number of nitrogens with zero attached hydrogens (tertiary/aromatic N) is 4. The van der Waals surface area contributed by atoms with E-state index in [2.05, 4.69) is 332 Å². The zero-order chi connectivity index (χ0) is 104. The van der Waals surface area contributed by atoms with Gasteiger partial charge >= 0.3 is 391 Å². The fourth-order valence-corrected chi connectivity index (χ4v) is 27.0. The van der Waals surface area contributed by atoms with Crippen molar-refractivity contribution in [3.63, 3.8) is 0 Å². The molecule has 4 aliphatic rings. The van der Waals surface area contributed by atoms with E-state index in [-0.39, 0.29) is 68.2 Å². The van der Waals surface area contributed by atoms with Crippen molar-refractivity contribution in [2.75, 3.05) is 19.6 Å². The van der Waals surface area contributed by atoms with Crippen molar-refractivity contribution in [2.45, 2.75) is 323 Å². The van der Waals surface area contributed by atoms with Crippen LogP contribution in [0.4, 0.5) is 22.7 Å². The summed E-state index contributed by atoms with van der Waals surface area (Å²) in [5.74, 6) is 3.40. The molecule has 20 heteroatoms. The number of ether oxygens (including phenoxy) is 4. The molecule has 8 nitrogen and oxygen atoms in total. The van der Waals surface area contributed by atoms with E-state index in [0.717, 1.165) is 83.8 Å². The maximum absolute atomic E-state index is 5.82. The molecule has 0 aromatic heterocycles. The number of hydrogen-bond donors (Lipinski definition) is 0. The smallest absolute Gasteiger partial charge is 0.0140 e. The molecule has 14 rings (SSSR count). The number of aryl methyl sites for hydroxylation is 9. The molecule has 4 heterocycles. The first-order valence-corrected chi connectivity index (χ1v) is 70.4. The minimum atomic E-state index is -1.77. The third-order valence-electron chi connectivity index (χ3n) is 24.5. The molecule has 4 aliphatic heterocycles. The van der Waals surface area contributed by atoms with Crippen LogP contribution in [0.15, 0.2) is 224 Å². The van der Waals surface area contributed by atoms with E-state index in [4.69, 9.17) is 96.5 Å². The summed E-state index contributed by atoms with van der Waals surface area (Å²) in [4.78, 5) is 10.1. The summed E-state index contributed by atoms with van der Waals surface area (Å²) in [6.07, 6.45) is 9.68. The van der Waals surface area contributed by atoms with Crippen LogP contribution in [-0.2, 0) is 90.6 Å². The average Bonchev–Trinajstić information content (AvgIpc) is 1.60. The van der Waals surface area contributed by atoms with E-state index in [0.29, 0.717) is 0 Å². The topological polar surface area (TPSA) is 49.9 Å². The van der Waals surface area contributed by atoms with E-state index < -0.39 is 54.1 Å². The van der Waals surface area contributed by atoms with Crippen molar-refractivity contribution in [3.8, 4) is 23.0 Å². The summed E-state index contributed by atoms with van der Waals surface area (Å²) in [6, 6.07) is 77.6. The van der Waals surface area contributed by atoms with Crippen LogP contribution >= 0.6 is 77.5 Å². The van der Waals surface area contributed by atoms with Gasteiger partial charge in [0.1, 0.15) is 0 Å². The molecule has 0 radical (unpaired) electrons. The van der Waals surface area contributed by atoms with Crippen LogP contribution < -0.4 is 38.5 Å². The van der Waals surface area contributed by atoms with Gasteiger partial charge < -0.3 is 19.6 Å². The molecule has 0 N–H and O–H groups in total. The SMILES string of the molecule is CC(C)Oc1ccccc1[CH]=[Ru]([Cl])[Cl].CC(C)Oc1ccccc1[CH]=[Ru]([Cl])[Cl].CC(C)Oc1ccccc1[CH]=[Ru]([Cl])[Cl].CC(C)Oc1ccccc1[CH]=[Ru]([Cl])[Cl].CCc1cccc(C)c1N1[CH-]C(C)(C)CC1(C)C.CCc1cccc(C)c1N1[CH-]C(C)(c2ccccc2)CC1(C)C.CCc1cccc(CC)c1N1[CH-]C(C)(C)CC1(C)C.Cc1cc(C)c(N2[CH-]C(C)(c3ccccc3)CC2(C)C)c(C)c1. The van der Waals surface area contributed by atoms with Crippen molar-refractivity contribution >= 4 is 119 Å². The second-order valence-corrected chi connectivity index (χ2v) is 64.7. The Balaban J connectivity index is 0.000000218. The molecule has 139 heavy (non-hydrogen) atoms. The van der Waals surface area contributed by atoms with Crippen molar-refractivity contribution < 1.29 is 73.0 Å². The number of benzene rings is 10. The molecule has 2 unspecified atom stereocenters. The Morgan fingerprint density at radius 2 is 0.511 bits per heavy atom. The molecule has 770 valence electrons. The standard InChI is InChI=1S/2C22H28N.C18H28N.C17H26N.4C10H12O.8ClH.4Ru/c1-16-12-17(2)20(18(3)13-16)23-15-22(6,14-21(23,4)5)19-10-8-7-9-11-19;1-6-18-12-10-11-17(2)20(18)23-16-22(5,15-21(23,3)4)19-13-8-7-9-14-19;1-7-14-10-9-11-15(8-2)16(14)19-13-17(3,4)12-18(19,5)6;1-7-14-10-8-9-13(2)15(14)18-12-16(3,4)11-17(18,5)6;4*1-8(2)11-10-7-5-4-6-9(10)3;;;;;;;;;;;;/h7-13,15H,14H2,1-6H3;7-14,16H,6,15H2,1-5H3;9-11,13H,7-8,12H2,1-6H3;8-10,12H,7,11H2,1-6H3;4*3-8H,1-2H3;8*1H;;;;/q4*-1;;;;;;;;;;;;;4*+2/p-8. The fraction of sp³-hybridized carbons (Fsp3) is 0.429. The van der Waals surface area contributed by atoms with Crippen LogP contribution in [0.5, 0.6) is 23.0 Å². The number of anilines is 4. The van der Waals surface area contributed by atoms with E-state index in [9.17, 15) is 0 Å². The van der Waals surface area contributed by atoms with E-state index in [1.807, 2.05) is 171 Å². The second-order valence-electron chi connectivity index (χ2n) is 41.8. The summed E-state index contributed by atoms with van der Waals surface area (Å²) in [5.41, 5.74) is 26.5. The van der Waals surface area contributed by atoms with Gasteiger partial charge in [-0.15, -0.1) is 21.7 Å². The van der Waals surface area contributed by atoms with Crippen molar-refractivity contribution in [1.82, 2.24) is 0 Å². The van der Waals surface area contributed by atoms with Crippen LogP contribution in [0, 0.1) is 71.6 Å². The van der Waals surface area contributed by atoms with Gasteiger partial charge in [-0.1, -0.05) is 226 Å². The molecule has 10 aromatic rings. The Morgan fingerprint density at radius 1 is 0.281 bits per heavy atom. The first kappa shape index (κ1) is 121. The van der Waals surface area contributed by atoms with Gasteiger partial charge in [0.2, 0.25) is 0 Å². The maximum atomic E-state index is 5.82. The minimum Gasteiger partial charge on any atom is -0.517 e. The predicted octanol–water partition coefficient (Wildman–Crippen LogP) is 35.3. The minimum absolute atomic E-state index is 0.0779. The van der Waals surface area contributed by atoms with E-state index in [1.54, 1.807) is 0 Å². The number of halogens is 8. The molecule has 0 aliphatic carbocycles. The summed E-state index contributed by atoms with van der Waals surface area (Å²) < 4.78 is 30.1. The van der Waals surface area contributed by atoms with Crippen LogP contribution in [0.25, 0.3) is 0 Å². The molecule has 0 spiro atoms. The molecule has 10 aromatic carbocycles. The maximum Gasteiger partial charge on any atom is 0.0140 e. The Morgan fingerprint density at radius 3 is 0.763 bits per heavy atom. The van der Waals surface area contributed by atoms with Crippen molar-refractivity contribution in [2.24, 2.45) is 10.8 Å². The molecule has 0 saturated carbocycles. The monoisotopic (exact) mass is 2390 g/mol. The zero-order valence-corrected chi connectivity index (χ0v) is 101. The van der Waals surface area contributed by atoms with Gasteiger partial charge in [0.25, 0.3) is 0 Å². The fourth-order valence-electron chi connectivity index (χ4n) is 19.8. The molecule has 0 amide bonds. The Bertz CT molecular complexity index is 5390. The molecule has 4 saturated heterocycles. The normalized spacial score (nSPS) is 17.9.